The maximum absolute atomic E-state index is 12.6. The second kappa shape index (κ2) is 7.28. The molecule has 120 valence electrons. The zero-order chi connectivity index (χ0) is 15.4. The summed E-state index contributed by atoms with van der Waals surface area (Å²) in [5, 5.41) is 0. The fourth-order valence-corrected chi connectivity index (χ4v) is 3.85. The number of nitrogens with zero attached hydrogens (tertiary/aromatic N) is 2. The summed E-state index contributed by atoms with van der Waals surface area (Å²) in [4.78, 5) is 17.1. The van der Waals surface area contributed by atoms with E-state index in [1.54, 1.807) is 0 Å². The van der Waals surface area contributed by atoms with Crippen LogP contribution in [0.4, 0.5) is 0 Å². The lowest BCUT2D eigenvalue weighted by Crippen LogP contribution is -2.48. The van der Waals surface area contributed by atoms with Gasteiger partial charge in [-0.2, -0.15) is 0 Å². The molecule has 2 saturated heterocycles. The van der Waals surface area contributed by atoms with Gasteiger partial charge in [0.05, 0.1) is 6.04 Å². The number of carbonyl (C=O) groups is 1. The average molecular weight is 300 g/mol. The van der Waals surface area contributed by atoms with Crippen molar-refractivity contribution in [2.45, 2.75) is 45.1 Å². The molecule has 22 heavy (non-hydrogen) atoms. The molecule has 0 spiro atoms. The van der Waals surface area contributed by atoms with Gasteiger partial charge in [-0.25, -0.2) is 0 Å². The molecule has 2 aliphatic rings. The van der Waals surface area contributed by atoms with Crippen LogP contribution in [-0.4, -0.2) is 47.9 Å². The SMILES string of the molecule is C[C@H](C(=O)N1CCC(Cc2ccccc2)CC1)N1CCCC1. The largest absolute Gasteiger partial charge is 0.341 e. The predicted octanol–water partition coefficient (Wildman–Crippen LogP) is 2.95. The summed E-state index contributed by atoms with van der Waals surface area (Å²) in [5.74, 6) is 1.08. The predicted molar refractivity (Wildman–Crippen MR) is 89.7 cm³/mol. The summed E-state index contributed by atoms with van der Waals surface area (Å²) in [6.07, 6.45) is 5.94. The Hall–Kier alpha value is -1.35. The zero-order valence-electron chi connectivity index (χ0n) is 13.7. The van der Waals surface area contributed by atoms with Gasteiger partial charge in [0.15, 0.2) is 0 Å². The van der Waals surface area contributed by atoms with Gasteiger partial charge in [-0.3, -0.25) is 9.69 Å². The average Bonchev–Trinajstić information content (AvgIpc) is 3.10. The molecule has 2 fully saturated rings. The maximum atomic E-state index is 12.6. The van der Waals surface area contributed by atoms with E-state index in [-0.39, 0.29) is 6.04 Å². The van der Waals surface area contributed by atoms with Gasteiger partial charge in [-0.15, -0.1) is 0 Å². The van der Waals surface area contributed by atoms with Gasteiger partial charge in [0, 0.05) is 13.1 Å². The van der Waals surface area contributed by atoms with Crippen LogP contribution >= 0.6 is 0 Å². The Morgan fingerprint density at radius 1 is 1.09 bits per heavy atom. The van der Waals surface area contributed by atoms with E-state index in [2.05, 4.69) is 47.1 Å². The molecule has 0 radical (unpaired) electrons. The van der Waals surface area contributed by atoms with Crippen molar-refractivity contribution in [1.82, 2.24) is 9.80 Å². The van der Waals surface area contributed by atoms with Crippen LogP contribution in [0.3, 0.4) is 0 Å². The van der Waals surface area contributed by atoms with E-state index in [0.717, 1.165) is 51.4 Å². The first-order valence-corrected chi connectivity index (χ1v) is 8.81. The van der Waals surface area contributed by atoms with Gasteiger partial charge in [-0.1, -0.05) is 30.3 Å². The zero-order valence-corrected chi connectivity index (χ0v) is 13.7. The van der Waals surface area contributed by atoms with Crippen molar-refractivity contribution < 1.29 is 4.79 Å². The standard InChI is InChI=1S/C19H28N2O/c1-16(20-11-5-6-12-20)19(22)21-13-9-18(10-14-21)15-17-7-3-2-4-8-17/h2-4,7-8,16,18H,5-6,9-15H2,1H3/t16-/m1/s1. The summed E-state index contributed by atoms with van der Waals surface area (Å²) in [6, 6.07) is 10.8. The second-order valence-electron chi connectivity index (χ2n) is 6.88. The third-order valence-corrected chi connectivity index (χ3v) is 5.34. The number of rotatable bonds is 4. The molecular formula is C19H28N2O. The smallest absolute Gasteiger partial charge is 0.239 e. The molecule has 0 aromatic heterocycles. The lowest BCUT2D eigenvalue weighted by Gasteiger charge is -2.35. The topological polar surface area (TPSA) is 23.6 Å². The van der Waals surface area contributed by atoms with Crippen molar-refractivity contribution in [3.05, 3.63) is 35.9 Å². The van der Waals surface area contributed by atoms with Crippen molar-refractivity contribution in [2.24, 2.45) is 5.92 Å². The van der Waals surface area contributed by atoms with Crippen LogP contribution in [0, 0.1) is 5.92 Å². The molecule has 0 unspecified atom stereocenters. The van der Waals surface area contributed by atoms with Crippen LogP contribution in [0.5, 0.6) is 0 Å². The maximum Gasteiger partial charge on any atom is 0.239 e. The Kier molecular flexibility index (Phi) is 5.14. The van der Waals surface area contributed by atoms with Gasteiger partial charge >= 0.3 is 0 Å². The molecule has 3 nitrogen and oxygen atoms in total. The van der Waals surface area contributed by atoms with Crippen LogP contribution in [0.2, 0.25) is 0 Å². The van der Waals surface area contributed by atoms with Crippen LogP contribution in [0.1, 0.15) is 38.2 Å². The first-order valence-electron chi connectivity index (χ1n) is 8.81. The van der Waals surface area contributed by atoms with E-state index < -0.39 is 0 Å². The first-order chi connectivity index (χ1) is 10.7. The van der Waals surface area contributed by atoms with Gasteiger partial charge in [-0.05, 0) is 63.6 Å². The molecule has 0 N–H and O–H groups in total. The summed E-state index contributed by atoms with van der Waals surface area (Å²) in [5.41, 5.74) is 1.43. The van der Waals surface area contributed by atoms with Crippen molar-refractivity contribution in [3.63, 3.8) is 0 Å². The highest BCUT2D eigenvalue weighted by Gasteiger charge is 2.30. The normalized spacial score (nSPS) is 22.0. The van der Waals surface area contributed by atoms with Crippen LogP contribution < -0.4 is 0 Å². The van der Waals surface area contributed by atoms with Gasteiger partial charge in [0.25, 0.3) is 0 Å². The Bertz CT molecular complexity index is 473. The van der Waals surface area contributed by atoms with E-state index in [9.17, 15) is 4.79 Å². The summed E-state index contributed by atoms with van der Waals surface area (Å²) < 4.78 is 0. The minimum atomic E-state index is 0.0770. The Balaban J connectivity index is 1.47. The highest BCUT2D eigenvalue weighted by atomic mass is 16.2. The molecule has 1 amide bonds. The molecule has 0 bridgehead atoms. The number of likely N-dealkylation sites (tertiary alicyclic amines) is 2. The number of hydrogen-bond donors (Lipinski definition) is 0. The third-order valence-electron chi connectivity index (χ3n) is 5.34. The molecule has 1 atom stereocenters. The van der Waals surface area contributed by atoms with E-state index >= 15 is 0 Å². The van der Waals surface area contributed by atoms with E-state index in [1.165, 1.54) is 18.4 Å². The number of piperidine rings is 1. The number of carbonyl (C=O) groups excluding carboxylic acids is 1. The lowest BCUT2D eigenvalue weighted by molar-refractivity contribution is -0.137. The molecule has 3 heteroatoms. The van der Waals surface area contributed by atoms with E-state index in [1.807, 2.05) is 0 Å². The number of amides is 1. The Morgan fingerprint density at radius 2 is 1.73 bits per heavy atom. The summed E-state index contributed by atoms with van der Waals surface area (Å²) in [6.45, 7) is 6.15. The van der Waals surface area contributed by atoms with E-state index in [4.69, 9.17) is 0 Å². The number of hydrogen-bond acceptors (Lipinski definition) is 2. The molecule has 0 aliphatic carbocycles. The molecule has 2 heterocycles. The van der Waals surface area contributed by atoms with Crippen LogP contribution in [0.15, 0.2) is 30.3 Å². The summed E-state index contributed by atoms with van der Waals surface area (Å²) >= 11 is 0. The first kappa shape index (κ1) is 15.5. The molecule has 2 aliphatic heterocycles. The van der Waals surface area contributed by atoms with Crippen LogP contribution in [0.25, 0.3) is 0 Å². The molecule has 1 aromatic carbocycles. The van der Waals surface area contributed by atoms with Gasteiger partial charge < -0.3 is 4.90 Å². The fraction of sp³-hybridized carbons (Fsp3) is 0.632. The quantitative estimate of drug-likeness (QED) is 0.853. The van der Waals surface area contributed by atoms with Crippen molar-refractivity contribution >= 4 is 5.91 Å². The van der Waals surface area contributed by atoms with Crippen molar-refractivity contribution in [3.8, 4) is 0 Å². The monoisotopic (exact) mass is 300 g/mol. The highest BCUT2D eigenvalue weighted by molar-refractivity contribution is 5.81. The molecule has 1 aromatic rings. The van der Waals surface area contributed by atoms with Crippen molar-refractivity contribution in [2.75, 3.05) is 26.2 Å². The minimum Gasteiger partial charge on any atom is -0.341 e. The fourth-order valence-electron chi connectivity index (χ4n) is 3.85. The molecule has 0 saturated carbocycles. The van der Waals surface area contributed by atoms with Crippen LogP contribution in [-0.2, 0) is 11.2 Å². The Morgan fingerprint density at radius 3 is 2.36 bits per heavy atom. The van der Waals surface area contributed by atoms with Gasteiger partial charge in [0.1, 0.15) is 0 Å². The summed E-state index contributed by atoms with van der Waals surface area (Å²) in [7, 11) is 0. The lowest BCUT2D eigenvalue weighted by atomic mass is 9.90. The number of benzene rings is 1. The Labute approximate surface area is 134 Å². The molecule has 3 rings (SSSR count). The van der Waals surface area contributed by atoms with E-state index in [0.29, 0.717) is 5.91 Å². The van der Waals surface area contributed by atoms with Crippen molar-refractivity contribution in [1.29, 1.82) is 0 Å². The third kappa shape index (κ3) is 3.70. The second-order valence-corrected chi connectivity index (χ2v) is 6.88. The van der Waals surface area contributed by atoms with Gasteiger partial charge in [0.2, 0.25) is 5.91 Å². The highest BCUT2D eigenvalue weighted by Crippen LogP contribution is 2.23. The molecular weight excluding hydrogens is 272 g/mol. The minimum absolute atomic E-state index is 0.0770.